The number of piperazine rings is 1. The van der Waals surface area contributed by atoms with E-state index in [-0.39, 0.29) is 67.0 Å². The van der Waals surface area contributed by atoms with Gasteiger partial charge in [0.2, 0.25) is 5.91 Å². The third-order valence-electron chi connectivity index (χ3n) is 15.2. The molecule has 2 aromatic heterocycles. The van der Waals surface area contributed by atoms with Gasteiger partial charge in [-0.1, -0.05) is 30.3 Å². The average molecular weight is 949 g/mol. The van der Waals surface area contributed by atoms with Crippen LogP contribution in [0.5, 0.6) is 5.75 Å². The minimum atomic E-state index is -2.72. The lowest BCUT2D eigenvalue weighted by molar-refractivity contribution is -0.131. The Hall–Kier alpha value is -7.31. The van der Waals surface area contributed by atoms with E-state index >= 15 is 14.0 Å². The number of amides is 3. The smallest absolute Gasteiger partial charge is 0.264 e. The number of nitriles is 1. The van der Waals surface area contributed by atoms with Crippen LogP contribution in [0.2, 0.25) is 0 Å². The first-order valence-corrected chi connectivity index (χ1v) is 23.8. The first-order valence-electron chi connectivity index (χ1n) is 23.8. The van der Waals surface area contributed by atoms with E-state index in [1.807, 2.05) is 78.6 Å². The van der Waals surface area contributed by atoms with Gasteiger partial charge in [0.25, 0.3) is 17.7 Å². The van der Waals surface area contributed by atoms with Gasteiger partial charge < -0.3 is 28.9 Å². The topological polar surface area (TPSA) is 121 Å². The summed E-state index contributed by atoms with van der Waals surface area (Å²) in [6.45, 7) is 7.85. The van der Waals surface area contributed by atoms with Crippen molar-refractivity contribution in [2.45, 2.75) is 77.6 Å². The van der Waals surface area contributed by atoms with Crippen molar-refractivity contribution >= 4 is 34.8 Å². The van der Waals surface area contributed by atoms with Gasteiger partial charge >= 0.3 is 0 Å². The maximum Gasteiger partial charge on any atom is 0.264 e. The number of hydrogen-bond donors (Lipinski definition) is 1. The second-order valence-electron chi connectivity index (χ2n) is 19.5. The molecule has 3 amide bonds. The predicted molar refractivity (Wildman–Crippen MR) is 261 cm³/mol. The summed E-state index contributed by atoms with van der Waals surface area (Å²) in [4.78, 5) is 53.2. The molecule has 6 aromatic rings. The van der Waals surface area contributed by atoms with E-state index in [9.17, 15) is 23.9 Å². The lowest BCUT2D eigenvalue weighted by atomic mass is 9.89. The Kier molecular flexibility index (Phi) is 11.9. The molecule has 12 nitrogen and oxygen atoms in total. The molecule has 0 radical (unpaired) electrons. The molecule has 4 aliphatic rings. The van der Waals surface area contributed by atoms with Crippen LogP contribution in [0.25, 0.3) is 11.3 Å². The average Bonchev–Trinajstić information content (AvgIpc) is 3.94. The number of carbonyl (C=O) groups excluding carboxylic acids is 3. The van der Waals surface area contributed by atoms with E-state index in [4.69, 9.17) is 0 Å². The molecule has 70 heavy (non-hydrogen) atoms. The molecule has 0 bridgehead atoms. The van der Waals surface area contributed by atoms with E-state index in [0.717, 1.165) is 16.7 Å². The molecule has 0 unspecified atom stereocenters. The predicted octanol–water partition coefficient (Wildman–Crippen LogP) is 8.59. The van der Waals surface area contributed by atoms with Crippen LogP contribution in [0.3, 0.4) is 0 Å². The van der Waals surface area contributed by atoms with Crippen molar-refractivity contribution in [3.63, 3.8) is 0 Å². The number of nitrogens with zero attached hydrogens (tertiary/aromatic N) is 8. The number of hydrogen-bond acceptors (Lipinski definition) is 7. The maximum absolute atomic E-state index is 15.8. The van der Waals surface area contributed by atoms with Crippen LogP contribution in [0.1, 0.15) is 79.0 Å². The van der Waals surface area contributed by atoms with Crippen LogP contribution in [-0.4, -0.2) is 97.4 Å². The van der Waals surface area contributed by atoms with Crippen LogP contribution >= 0.6 is 0 Å². The number of fused-ring (bicyclic) bond motifs is 3. The molecule has 4 aliphatic heterocycles. The standard InChI is InChI=1S/C55H55F3N8O4/c1-33-20-36-8-6-7-9-39(36)30-65(33)53(69)48-22-40-29-63(52(68)23-38-10-11-42(24-49(38)56)62-18-19-64-32-55(57,58)27-44(64)31-62)17-16-37(40)21-47(48)51-26-46(34(2)61(51)5)54(70)66(41-12-14-45(67)15-13-41)50-25-43(28-59)60(4)35(50)3/h6-15,21-22,24-26,33,44,67H,16-20,23,27,29-32H2,1-5H3/t33-,44+/m1/s1. The van der Waals surface area contributed by atoms with Crippen LogP contribution in [0, 0.1) is 31.0 Å². The number of phenolic OH excluding ortho intramolecular Hbond substituents is 1. The second kappa shape index (κ2) is 17.9. The zero-order valence-corrected chi connectivity index (χ0v) is 40.0. The highest BCUT2D eigenvalue weighted by Crippen LogP contribution is 2.39. The molecule has 0 saturated carbocycles. The van der Waals surface area contributed by atoms with Crippen LogP contribution in [0.15, 0.2) is 91.0 Å². The number of anilines is 3. The summed E-state index contributed by atoms with van der Waals surface area (Å²) in [5.41, 5.74) is 9.66. The number of phenols is 1. The van der Waals surface area contributed by atoms with Crippen molar-refractivity contribution in [3.05, 3.63) is 153 Å². The Morgan fingerprint density at radius 1 is 0.843 bits per heavy atom. The number of alkyl halides is 2. The van der Waals surface area contributed by atoms with Gasteiger partial charge in [-0.15, -0.1) is 0 Å². The third-order valence-corrected chi connectivity index (χ3v) is 15.2. The van der Waals surface area contributed by atoms with E-state index in [1.54, 1.807) is 56.6 Å². The first kappa shape index (κ1) is 46.4. The third kappa shape index (κ3) is 8.37. The van der Waals surface area contributed by atoms with Gasteiger partial charge in [0.15, 0.2) is 0 Å². The normalized spacial score (nSPS) is 18.5. The molecular formula is C55H55F3N8O4. The molecule has 1 N–H and O–H groups in total. The number of halogens is 3. The Labute approximate surface area is 405 Å². The van der Waals surface area contributed by atoms with E-state index in [2.05, 4.69) is 12.1 Å². The van der Waals surface area contributed by atoms with Crippen LogP contribution in [-0.2, 0) is 51.2 Å². The highest BCUT2D eigenvalue weighted by atomic mass is 19.3. The summed E-state index contributed by atoms with van der Waals surface area (Å²) in [6.07, 6.45) is 0.776. The SMILES string of the molecule is Cc1c(N(C(=O)c2cc(-c3cc4c(cc3C(=O)N3Cc5ccccc5C[C@H]3C)CN(C(=O)Cc3ccc(N5CCN6CC(F)(F)C[C@H]6C5)cc3F)CC4)n(C)c2C)c2ccc(O)cc2)cc(C#N)n1C. The van der Waals surface area contributed by atoms with Crippen molar-refractivity contribution in [3.8, 4) is 23.1 Å². The van der Waals surface area contributed by atoms with Crippen molar-refractivity contribution < 1.29 is 32.7 Å². The summed E-state index contributed by atoms with van der Waals surface area (Å²) in [6, 6.07) is 28.4. The fourth-order valence-corrected chi connectivity index (χ4v) is 11.0. The second-order valence-corrected chi connectivity index (χ2v) is 19.5. The number of aromatic nitrogens is 2. The molecule has 6 heterocycles. The molecule has 10 rings (SSSR count). The van der Waals surface area contributed by atoms with Crippen molar-refractivity contribution in [2.24, 2.45) is 14.1 Å². The van der Waals surface area contributed by atoms with Crippen molar-refractivity contribution in [2.75, 3.05) is 42.5 Å². The maximum atomic E-state index is 15.8. The van der Waals surface area contributed by atoms with Crippen LogP contribution < -0.4 is 9.80 Å². The zero-order valence-electron chi connectivity index (χ0n) is 40.0. The Balaban J connectivity index is 0.970. The van der Waals surface area contributed by atoms with Crippen molar-refractivity contribution in [1.82, 2.24) is 23.8 Å². The molecule has 2 saturated heterocycles. The fraction of sp³-hybridized carbons (Fsp3) is 0.345. The fourth-order valence-electron chi connectivity index (χ4n) is 11.0. The van der Waals surface area contributed by atoms with Gasteiger partial charge in [-0.3, -0.25) is 24.2 Å². The number of benzene rings is 4. The molecule has 4 aromatic carbocycles. The van der Waals surface area contributed by atoms with Gasteiger partial charge in [-0.25, -0.2) is 13.2 Å². The molecule has 0 aliphatic carbocycles. The zero-order chi connectivity index (χ0) is 49.3. The van der Waals surface area contributed by atoms with E-state index < -0.39 is 11.7 Å². The van der Waals surface area contributed by atoms with Gasteiger partial charge in [0, 0.05) is 111 Å². The molecule has 15 heteroatoms. The van der Waals surface area contributed by atoms with Gasteiger partial charge in [-0.05, 0) is 122 Å². The quantitative estimate of drug-likeness (QED) is 0.162. The Morgan fingerprint density at radius 2 is 1.60 bits per heavy atom. The number of rotatable bonds is 8. The summed E-state index contributed by atoms with van der Waals surface area (Å²) < 4.78 is 47.7. The minimum absolute atomic E-state index is 0.0362. The highest BCUT2D eigenvalue weighted by Gasteiger charge is 2.47. The lowest BCUT2D eigenvalue weighted by Crippen LogP contribution is -2.50. The molecule has 2 atom stereocenters. The molecular weight excluding hydrogens is 894 g/mol. The number of aromatic hydroxyl groups is 1. The Morgan fingerprint density at radius 3 is 2.33 bits per heavy atom. The molecule has 2 fully saturated rings. The highest BCUT2D eigenvalue weighted by molar-refractivity contribution is 6.13. The largest absolute Gasteiger partial charge is 0.508 e. The minimum Gasteiger partial charge on any atom is -0.508 e. The summed E-state index contributed by atoms with van der Waals surface area (Å²) in [5.74, 6) is -4.01. The van der Waals surface area contributed by atoms with Crippen LogP contribution in [0.4, 0.5) is 30.2 Å². The summed E-state index contributed by atoms with van der Waals surface area (Å²) >= 11 is 0. The number of carbonyl (C=O) groups is 3. The summed E-state index contributed by atoms with van der Waals surface area (Å²) in [5, 5.41) is 20.1. The monoisotopic (exact) mass is 948 g/mol. The first-order chi connectivity index (χ1) is 33.5. The van der Waals surface area contributed by atoms with Gasteiger partial charge in [0.1, 0.15) is 23.3 Å². The van der Waals surface area contributed by atoms with E-state index in [1.165, 1.54) is 23.8 Å². The van der Waals surface area contributed by atoms with Crippen molar-refractivity contribution in [1.29, 1.82) is 5.26 Å². The van der Waals surface area contributed by atoms with Gasteiger partial charge in [-0.2, -0.15) is 5.26 Å². The Bertz CT molecular complexity index is 3130. The summed E-state index contributed by atoms with van der Waals surface area (Å²) in [7, 11) is 3.63. The molecule has 360 valence electrons. The lowest BCUT2D eigenvalue weighted by Gasteiger charge is -2.38. The molecule has 0 spiro atoms. The van der Waals surface area contributed by atoms with Gasteiger partial charge in [0.05, 0.1) is 24.2 Å². The van der Waals surface area contributed by atoms with E-state index in [0.29, 0.717) is 102 Å².